The highest BCUT2D eigenvalue weighted by molar-refractivity contribution is 7.91. The Kier molecular flexibility index (Phi) is 8.40. The lowest BCUT2D eigenvalue weighted by Crippen LogP contribution is -2.50. The average Bonchev–Trinajstić information content (AvgIpc) is 3.03. The van der Waals surface area contributed by atoms with Gasteiger partial charge < -0.3 is 14.5 Å². The number of hydrogen-bond acceptors (Lipinski definition) is 7. The van der Waals surface area contributed by atoms with Gasteiger partial charge >= 0.3 is 5.97 Å². The molecule has 0 saturated heterocycles. The van der Waals surface area contributed by atoms with Crippen molar-refractivity contribution in [3.63, 3.8) is 0 Å². The minimum Gasteiger partial charge on any atom is -0.459 e. The molecule has 1 aromatic heterocycles. The van der Waals surface area contributed by atoms with Crippen molar-refractivity contribution >= 4 is 33.2 Å². The first-order chi connectivity index (χ1) is 12.3. The monoisotopic (exact) mass is 419 g/mol. The number of sulfonamides is 1. The molecule has 0 aliphatic rings. The zero-order chi connectivity index (χ0) is 20.8. The number of thiophene rings is 1. The lowest BCUT2D eigenvalue weighted by Gasteiger charge is -2.28. The number of carbonyl (C=O) groups is 2. The molecular weight excluding hydrogens is 390 g/mol. The summed E-state index contributed by atoms with van der Waals surface area (Å²) in [6.45, 7) is 7.26. The van der Waals surface area contributed by atoms with Gasteiger partial charge in [-0.1, -0.05) is 6.07 Å². The number of esters is 1. The van der Waals surface area contributed by atoms with Gasteiger partial charge in [-0.3, -0.25) is 9.59 Å². The number of nitrogens with one attached hydrogen (secondary N) is 1. The van der Waals surface area contributed by atoms with Crippen LogP contribution in [0.1, 0.15) is 27.7 Å². The van der Waals surface area contributed by atoms with Gasteiger partial charge in [-0.2, -0.15) is 4.72 Å². The second kappa shape index (κ2) is 9.63. The van der Waals surface area contributed by atoms with Gasteiger partial charge in [-0.15, -0.1) is 11.3 Å². The highest BCUT2D eigenvalue weighted by Gasteiger charge is 2.28. The van der Waals surface area contributed by atoms with Gasteiger partial charge in [0, 0.05) is 13.1 Å². The third-order valence-corrected chi connectivity index (χ3v) is 6.27. The number of likely N-dealkylation sites (N-methyl/N-ethyl adjacent to an activating group) is 1. The van der Waals surface area contributed by atoms with E-state index < -0.39 is 33.5 Å². The maximum atomic E-state index is 12.8. The first-order valence-corrected chi connectivity index (χ1v) is 10.9. The van der Waals surface area contributed by atoms with Crippen LogP contribution >= 0.6 is 11.3 Å². The number of amides is 1. The Bertz CT molecular complexity index is 724. The van der Waals surface area contributed by atoms with Crippen molar-refractivity contribution in [3.8, 4) is 0 Å². The van der Waals surface area contributed by atoms with Crippen molar-refractivity contribution < 1.29 is 22.7 Å². The summed E-state index contributed by atoms with van der Waals surface area (Å²) in [5.74, 6) is -1.02. The van der Waals surface area contributed by atoms with Crippen molar-refractivity contribution in [2.45, 2.75) is 43.5 Å². The molecule has 0 radical (unpaired) electrons. The smallest absolute Gasteiger partial charge is 0.326 e. The maximum absolute atomic E-state index is 12.8. The topological polar surface area (TPSA) is 96.0 Å². The zero-order valence-corrected chi connectivity index (χ0v) is 18.3. The molecule has 1 atom stereocenters. The normalized spacial score (nSPS) is 13.4. The predicted octanol–water partition coefficient (Wildman–Crippen LogP) is 1.15. The van der Waals surface area contributed by atoms with Gasteiger partial charge in [-0.05, 0) is 53.2 Å². The Morgan fingerprint density at radius 2 is 1.89 bits per heavy atom. The van der Waals surface area contributed by atoms with Gasteiger partial charge in [0.1, 0.15) is 16.4 Å². The van der Waals surface area contributed by atoms with E-state index in [4.69, 9.17) is 4.74 Å². The number of ether oxygens (including phenoxy) is 1. The number of nitrogens with zero attached hydrogens (tertiary/aromatic N) is 2. The molecule has 0 aliphatic heterocycles. The van der Waals surface area contributed by atoms with Crippen molar-refractivity contribution in [1.29, 1.82) is 0 Å². The van der Waals surface area contributed by atoms with Crippen LogP contribution in [-0.4, -0.2) is 75.5 Å². The van der Waals surface area contributed by atoms with E-state index in [1.165, 1.54) is 17.9 Å². The molecule has 1 amide bonds. The van der Waals surface area contributed by atoms with Gasteiger partial charge in [-0.25, -0.2) is 8.42 Å². The summed E-state index contributed by atoms with van der Waals surface area (Å²) in [6.07, 6.45) is 0. The molecule has 0 saturated carbocycles. The van der Waals surface area contributed by atoms with E-state index in [1.54, 1.807) is 32.2 Å². The van der Waals surface area contributed by atoms with Crippen LogP contribution in [-0.2, 0) is 24.3 Å². The third kappa shape index (κ3) is 8.37. The molecule has 1 N–H and O–H groups in total. The van der Waals surface area contributed by atoms with Crippen LogP contribution in [0.2, 0.25) is 0 Å². The van der Waals surface area contributed by atoms with Crippen LogP contribution in [0.3, 0.4) is 0 Å². The van der Waals surface area contributed by atoms with Crippen molar-refractivity contribution in [2.24, 2.45) is 0 Å². The van der Waals surface area contributed by atoms with E-state index in [9.17, 15) is 18.0 Å². The standard InChI is InChI=1S/C17H29N3O5S2/c1-13(18-27(23,24)15-8-7-11-26-15)16(22)20(10-9-19(5)6)12-14(21)25-17(2,3)4/h7-8,11,13,18H,9-10,12H2,1-6H3. The molecule has 27 heavy (non-hydrogen) atoms. The third-order valence-electron chi connectivity index (χ3n) is 3.33. The van der Waals surface area contributed by atoms with Crippen LogP contribution in [0.5, 0.6) is 0 Å². The van der Waals surface area contributed by atoms with Crippen LogP contribution in [0.4, 0.5) is 0 Å². The Hall–Kier alpha value is -1.49. The van der Waals surface area contributed by atoms with Crippen molar-refractivity contribution in [1.82, 2.24) is 14.5 Å². The molecule has 0 fully saturated rings. The van der Waals surface area contributed by atoms with Crippen LogP contribution in [0, 0.1) is 0 Å². The molecule has 1 heterocycles. The van der Waals surface area contributed by atoms with Crippen LogP contribution < -0.4 is 4.72 Å². The lowest BCUT2D eigenvalue weighted by molar-refractivity contribution is -0.159. The van der Waals surface area contributed by atoms with E-state index in [0.29, 0.717) is 6.54 Å². The maximum Gasteiger partial charge on any atom is 0.326 e. The van der Waals surface area contributed by atoms with E-state index in [-0.39, 0.29) is 17.3 Å². The summed E-state index contributed by atoms with van der Waals surface area (Å²) < 4.78 is 32.5. The first-order valence-electron chi connectivity index (χ1n) is 8.53. The van der Waals surface area contributed by atoms with Crippen molar-refractivity contribution in [2.75, 3.05) is 33.7 Å². The minimum absolute atomic E-state index is 0.133. The first kappa shape index (κ1) is 23.5. The van der Waals surface area contributed by atoms with E-state index in [1.807, 2.05) is 19.0 Å². The summed E-state index contributed by atoms with van der Waals surface area (Å²) in [7, 11) is -0.0963. The van der Waals surface area contributed by atoms with Crippen LogP contribution in [0.15, 0.2) is 21.7 Å². The van der Waals surface area contributed by atoms with Crippen molar-refractivity contribution in [3.05, 3.63) is 17.5 Å². The summed E-state index contributed by atoms with van der Waals surface area (Å²) >= 11 is 1.07. The second-order valence-corrected chi connectivity index (χ2v) is 10.3. The molecule has 0 bridgehead atoms. The summed E-state index contributed by atoms with van der Waals surface area (Å²) in [5.41, 5.74) is -0.667. The average molecular weight is 420 g/mol. The zero-order valence-electron chi connectivity index (χ0n) is 16.7. The molecule has 8 nitrogen and oxygen atoms in total. The fraction of sp³-hybridized carbons (Fsp3) is 0.647. The number of hydrogen-bond donors (Lipinski definition) is 1. The summed E-state index contributed by atoms with van der Waals surface area (Å²) in [4.78, 5) is 28.1. The van der Waals surface area contributed by atoms with Gasteiger partial charge in [0.15, 0.2) is 0 Å². The highest BCUT2D eigenvalue weighted by Crippen LogP contribution is 2.16. The van der Waals surface area contributed by atoms with E-state index >= 15 is 0 Å². The molecule has 154 valence electrons. The molecule has 0 spiro atoms. The lowest BCUT2D eigenvalue weighted by atomic mass is 10.2. The fourth-order valence-corrected chi connectivity index (χ4v) is 4.36. The van der Waals surface area contributed by atoms with Gasteiger partial charge in [0.25, 0.3) is 10.0 Å². The summed E-state index contributed by atoms with van der Waals surface area (Å²) in [5, 5.41) is 1.65. The predicted molar refractivity (Wildman–Crippen MR) is 105 cm³/mol. The molecule has 0 aromatic carbocycles. The van der Waals surface area contributed by atoms with Crippen LogP contribution in [0.25, 0.3) is 0 Å². The highest BCUT2D eigenvalue weighted by atomic mass is 32.2. The SMILES string of the molecule is CC(NS(=O)(=O)c1cccs1)C(=O)N(CCN(C)C)CC(=O)OC(C)(C)C. The number of rotatable bonds is 9. The minimum atomic E-state index is -3.79. The fourth-order valence-electron chi connectivity index (χ4n) is 2.15. The quantitative estimate of drug-likeness (QED) is 0.603. The molecule has 1 unspecified atom stereocenters. The molecule has 0 aliphatic carbocycles. The largest absolute Gasteiger partial charge is 0.459 e. The summed E-state index contributed by atoms with van der Waals surface area (Å²) in [6, 6.07) is 2.08. The molecule has 1 aromatic rings. The molecule has 10 heteroatoms. The van der Waals surface area contributed by atoms with Gasteiger partial charge in [0.2, 0.25) is 5.91 Å². The Labute approximate surface area is 165 Å². The molecular formula is C17H29N3O5S2. The Morgan fingerprint density at radius 1 is 1.26 bits per heavy atom. The Morgan fingerprint density at radius 3 is 2.37 bits per heavy atom. The molecule has 1 rings (SSSR count). The Balaban J connectivity index is 2.86. The number of carbonyl (C=O) groups excluding carboxylic acids is 2. The van der Waals surface area contributed by atoms with E-state index in [0.717, 1.165) is 11.3 Å². The van der Waals surface area contributed by atoms with E-state index in [2.05, 4.69) is 4.72 Å². The van der Waals surface area contributed by atoms with Gasteiger partial charge in [0.05, 0.1) is 6.04 Å². The second-order valence-electron chi connectivity index (χ2n) is 7.42.